The van der Waals surface area contributed by atoms with Gasteiger partial charge < -0.3 is 5.73 Å². The molecule has 0 radical (unpaired) electrons. The van der Waals surface area contributed by atoms with Gasteiger partial charge in [-0.1, -0.05) is 11.6 Å². The Hall–Kier alpha value is -0.740. The third-order valence-corrected chi connectivity index (χ3v) is 7.06. The van der Waals surface area contributed by atoms with Gasteiger partial charge in [-0.3, -0.25) is 10.1 Å². The van der Waals surface area contributed by atoms with Crippen molar-refractivity contribution in [2.24, 2.45) is 5.73 Å². The molecular weight excluding hydrogens is 326 g/mol. The minimum absolute atomic E-state index is 0.0160. The van der Waals surface area contributed by atoms with Gasteiger partial charge in [-0.05, 0) is 19.8 Å². The van der Waals surface area contributed by atoms with E-state index in [9.17, 15) is 18.5 Å². The van der Waals surface area contributed by atoms with E-state index in [1.165, 1.54) is 4.31 Å². The highest BCUT2D eigenvalue weighted by molar-refractivity contribution is 7.91. The van der Waals surface area contributed by atoms with Gasteiger partial charge in [0.1, 0.15) is 4.21 Å². The molecule has 7 nitrogen and oxygen atoms in total. The first-order valence-corrected chi connectivity index (χ1v) is 8.58. The standard InChI is InChI=1S/C10H14ClN3O4S2/c1-6-4-7(12)2-3-13(6)20(17,18)9-5-8(14(15)16)10(11)19-9/h5-7H,2-4,12H2,1H3. The first-order chi connectivity index (χ1) is 9.23. The fourth-order valence-electron chi connectivity index (χ4n) is 2.25. The molecule has 2 N–H and O–H groups in total. The second-order valence-electron chi connectivity index (χ2n) is 4.73. The lowest BCUT2D eigenvalue weighted by Crippen LogP contribution is -2.48. The van der Waals surface area contributed by atoms with Crippen LogP contribution >= 0.6 is 22.9 Å². The van der Waals surface area contributed by atoms with E-state index >= 15 is 0 Å². The first kappa shape index (κ1) is 15.6. The lowest BCUT2D eigenvalue weighted by molar-refractivity contribution is -0.384. The molecule has 1 aromatic heterocycles. The van der Waals surface area contributed by atoms with Crippen LogP contribution in [0.2, 0.25) is 4.34 Å². The van der Waals surface area contributed by atoms with Crippen LogP contribution in [0.1, 0.15) is 19.8 Å². The summed E-state index contributed by atoms with van der Waals surface area (Å²) < 4.78 is 26.1. The number of halogens is 1. The molecule has 0 amide bonds. The van der Waals surface area contributed by atoms with Crippen molar-refractivity contribution < 1.29 is 13.3 Å². The van der Waals surface area contributed by atoms with Gasteiger partial charge >= 0.3 is 0 Å². The first-order valence-electron chi connectivity index (χ1n) is 5.94. The number of nitrogens with two attached hydrogens (primary N) is 1. The zero-order chi connectivity index (χ0) is 15.1. The molecule has 0 saturated carbocycles. The lowest BCUT2D eigenvalue weighted by Gasteiger charge is -2.34. The molecule has 1 saturated heterocycles. The minimum Gasteiger partial charge on any atom is -0.328 e. The molecule has 112 valence electrons. The molecule has 2 atom stereocenters. The van der Waals surface area contributed by atoms with Crippen LogP contribution in [0.4, 0.5) is 5.69 Å². The number of thiophene rings is 1. The van der Waals surface area contributed by atoms with Gasteiger partial charge in [0.2, 0.25) is 0 Å². The Morgan fingerprint density at radius 1 is 1.60 bits per heavy atom. The van der Waals surface area contributed by atoms with Crippen molar-refractivity contribution in [2.75, 3.05) is 6.54 Å². The third kappa shape index (κ3) is 2.82. The summed E-state index contributed by atoms with van der Waals surface area (Å²) in [6.45, 7) is 2.09. The molecule has 1 aliphatic heterocycles. The highest BCUT2D eigenvalue weighted by atomic mass is 35.5. The molecule has 0 bridgehead atoms. The fraction of sp³-hybridized carbons (Fsp3) is 0.600. The zero-order valence-corrected chi connectivity index (χ0v) is 13.0. The van der Waals surface area contributed by atoms with E-state index in [0.29, 0.717) is 30.7 Å². The smallest absolute Gasteiger partial charge is 0.300 e. The molecule has 2 rings (SSSR count). The summed E-state index contributed by atoms with van der Waals surface area (Å²) in [6.07, 6.45) is 1.14. The molecule has 1 fully saturated rings. The normalized spacial score (nSPS) is 24.8. The fourth-order valence-corrected chi connectivity index (χ4v) is 5.70. The van der Waals surface area contributed by atoms with E-state index in [1.54, 1.807) is 6.92 Å². The maximum absolute atomic E-state index is 12.5. The van der Waals surface area contributed by atoms with Crippen LogP contribution in [-0.4, -0.2) is 36.3 Å². The molecule has 10 heteroatoms. The summed E-state index contributed by atoms with van der Waals surface area (Å²) in [6, 6.07) is 0.769. The van der Waals surface area contributed by atoms with Crippen LogP contribution in [0.25, 0.3) is 0 Å². The van der Waals surface area contributed by atoms with Crippen molar-refractivity contribution in [3.63, 3.8) is 0 Å². The predicted octanol–water partition coefficient (Wildman–Crippen LogP) is 1.81. The largest absolute Gasteiger partial charge is 0.328 e. The summed E-state index contributed by atoms with van der Waals surface area (Å²) in [4.78, 5) is 10.1. The van der Waals surface area contributed by atoms with Crippen LogP contribution < -0.4 is 5.73 Å². The number of piperidine rings is 1. The number of nitro groups is 1. The number of sulfonamides is 1. The molecule has 2 heterocycles. The maximum atomic E-state index is 12.5. The van der Waals surface area contributed by atoms with E-state index in [4.69, 9.17) is 17.3 Å². The average Bonchev–Trinajstić information content (AvgIpc) is 2.71. The molecular formula is C10H14ClN3O4S2. The maximum Gasteiger partial charge on any atom is 0.300 e. The highest BCUT2D eigenvalue weighted by Gasteiger charge is 2.36. The van der Waals surface area contributed by atoms with Crippen LogP contribution in [0.5, 0.6) is 0 Å². The summed E-state index contributed by atoms with van der Waals surface area (Å²) in [7, 11) is -3.76. The van der Waals surface area contributed by atoms with Crippen LogP contribution in [-0.2, 0) is 10.0 Å². The average molecular weight is 340 g/mol. The minimum atomic E-state index is -3.76. The van der Waals surface area contributed by atoms with Crippen molar-refractivity contribution in [1.82, 2.24) is 4.31 Å². The van der Waals surface area contributed by atoms with Crippen molar-refractivity contribution in [3.05, 3.63) is 20.5 Å². The van der Waals surface area contributed by atoms with Gasteiger partial charge in [-0.25, -0.2) is 8.42 Å². The number of rotatable bonds is 3. The van der Waals surface area contributed by atoms with E-state index in [0.717, 1.165) is 6.07 Å². The molecule has 2 unspecified atom stereocenters. The zero-order valence-electron chi connectivity index (χ0n) is 10.7. The lowest BCUT2D eigenvalue weighted by atomic mass is 10.0. The second kappa shape index (κ2) is 5.57. The van der Waals surface area contributed by atoms with Crippen molar-refractivity contribution >= 4 is 38.6 Å². The molecule has 0 aromatic carbocycles. The predicted molar refractivity (Wildman–Crippen MR) is 76.5 cm³/mol. The molecule has 20 heavy (non-hydrogen) atoms. The summed E-state index contributed by atoms with van der Waals surface area (Å²) >= 11 is 6.43. The molecule has 0 aliphatic carbocycles. The Kier molecular flexibility index (Phi) is 4.35. The van der Waals surface area contributed by atoms with Crippen molar-refractivity contribution in [1.29, 1.82) is 0 Å². The van der Waals surface area contributed by atoms with E-state index < -0.39 is 14.9 Å². The van der Waals surface area contributed by atoms with Crippen LogP contribution in [0.15, 0.2) is 10.3 Å². The molecule has 0 spiro atoms. The van der Waals surface area contributed by atoms with Gasteiger partial charge in [-0.2, -0.15) is 4.31 Å². The van der Waals surface area contributed by atoms with Crippen LogP contribution in [0.3, 0.4) is 0 Å². The highest BCUT2D eigenvalue weighted by Crippen LogP contribution is 2.38. The Morgan fingerprint density at radius 3 is 2.75 bits per heavy atom. The van der Waals surface area contributed by atoms with Gasteiger partial charge in [-0.15, -0.1) is 11.3 Å². The van der Waals surface area contributed by atoms with Crippen molar-refractivity contribution in [3.8, 4) is 0 Å². The summed E-state index contributed by atoms with van der Waals surface area (Å²) in [5.74, 6) is 0. The van der Waals surface area contributed by atoms with E-state index in [2.05, 4.69) is 0 Å². The Labute approximate surface area is 125 Å². The van der Waals surface area contributed by atoms with Crippen molar-refractivity contribution in [2.45, 2.75) is 36.1 Å². The second-order valence-corrected chi connectivity index (χ2v) is 8.50. The summed E-state index contributed by atoms with van der Waals surface area (Å²) in [5.41, 5.74) is 5.43. The monoisotopic (exact) mass is 339 g/mol. The Morgan fingerprint density at radius 2 is 2.25 bits per heavy atom. The molecule has 1 aliphatic rings. The SMILES string of the molecule is CC1CC(N)CCN1S(=O)(=O)c1cc([N+](=O)[O-])c(Cl)s1. The Balaban J connectivity index is 2.35. The van der Waals surface area contributed by atoms with Gasteiger partial charge in [0.05, 0.1) is 4.92 Å². The van der Waals surface area contributed by atoms with Gasteiger partial charge in [0, 0.05) is 24.7 Å². The van der Waals surface area contributed by atoms with E-state index in [1.807, 2.05) is 0 Å². The third-order valence-electron chi connectivity index (χ3n) is 3.26. The summed E-state index contributed by atoms with van der Waals surface area (Å²) in [5, 5.41) is 10.7. The quantitative estimate of drug-likeness (QED) is 0.667. The number of nitrogens with zero attached hydrogens (tertiary/aromatic N) is 2. The van der Waals surface area contributed by atoms with Gasteiger partial charge in [0.15, 0.2) is 4.34 Å². The Bertz CT molecular complexity index is 630. The van der Waals surface area contributed by atoms with Crippen LogP contribution in [0, 0.1) is 10.1 Å². The number of hydrogen-bond donors (Lipinski definition) is 1. The van der Waals surface area contributed by atoms with E-state index in [-0.39, 0.29) is 26.3 Å². The molecule has 1 aromatic rings. The number of hydrogen-bond acceptors (Lipinski definition) is 6. The van der Waals surface area contributed by atoms with Gasteiger partial charge in [0.25, 0.3) is 15.7 Å². The topological polar surface area (TPSA) is 107 Å².